The van der Waals surface area contributed by atoms with E-state index in [0.29, 0.717) is 21.9 Å². The third-order valence-electron chi connectivity index (χ3n) is 3.70. The third kappa shape index (κ3) is 2.37. The summed E-state index contributed by atoms with van der Waals surface area (Å²) in [5.74, 6) is 0.876. The van der Waals surface area contributed by atoms with Crippen molar-refractivity contribution in [2.45, 2.75) is 32.3 Å². The number of hydrogen-bond acceptors (Lipinski definition) is 1. The third-order valence-corrected chi connectivity index (χ3v) is 4.56. The molecule has 0 amide bonds. The van der Waals surface area contributed by atoms with Gasteiger partial charge in [-0.1, -0.05) is 42.3 Å². The van der Waals surface area contributed by atoms with Crippen molar-refractivity contribution in [2.24, 2.45) is 11.8 Å². The predicted octanol–water partition coefficient (Wildman–Crippen LogP) is 3.94. The molecule has 0 spiro atoms. The van der Waals surface area contributed by atoms with Crippen LogP contribution < -0.4 is 0 Å². The minimum atomic E-state index is -0.150. The molecule has 1 aromatic carbocycles. The van der Waals surface area contributed by atoms with Crippen molar-refractivity contribution in [1.29, 1.82) is 0 Å². The van der Waals surface area contributed by atoms with Gasteiger partial charge in [-0.05, 0) is 42.7 Å². The fourth-order valence-corrected chi connectivity index (χ4v) is 2.90. The fourth-order valence-electron chi connectivity index (χ4n) is 2.50. The van der Waals surface area contributed by atoms with E-state index < -0.39 is 0 Å². The molecule has 1 aliphatic rings. The molecule has 0 aromatic heterocycles. The molecule has 0 heterocycles. The molecule has 1 N–H and O–H groups in total. The van der Waals surface area contributed by atoms with Crippen LogP contribution in [-0.4, -0.2) is 11.2 Å². The predicted molar refractivity (Wildman–Crippen MR) is 68.1 cm³/mol. The van der Waals surface area contributed by atoms with Gasteiger partial charge in [-0.3, -0.25) is 0 Å². The first-order valence-corrected chi connectivity index (χ1v) is 6.46. The molecule has 16 heavy (non-hydrogen) atoms. The monoisotopic (exact) mass is 258 g/mol. The van der Waals surface area contributed by atoms with Crippen LogP contribution in [-0.2, 0) is 6.42 Å². The quantitative estimate of drug-likeness (QED) is 0.852. The van der Waals surface area contributed by atoms with Crippen LogP contribution in [0.5, 0.6) is 0 Å². The highest BCUT2D eigenvalue weighted by atomic mass is 35.5. The normalized spacial score (nSPS) is 29.6. The van der Waals surface area contributed by atoms with E-state index in [4.69, 9.17) is 23.2 Å². The van der Waals surface area contributed by atoms with E-state index >= 15 is 0 Å². The molecule has 0 aliphatic heterocycles. The average molecular weight is 259 g/mol. The number of rotatable bonds is 2. The van der Waals surface area contributed by atoms with E-state index in [0.717, 1.165) is 24.8 Å². The zero-order chi connectivity index (χ0) is 11.7. The van der Waals surface area contributed by atoms with Crippen LogP contribution in [0.25, 0.3) is 0 Å². The maximum absolute atomic E-state index is 9.71. The summed E-state index contributed by atoms with van der Waals surface area (Å²) in [6.07, 6.45) is 2.75. The molecule has 0 bridgehead atoms. The van der Waals surface area contributed by atoms with Crippen molar-refractivity contribution in [3.63, 3.8) is 0 Å². The maximum atomic E-state index is 9.71. The maximum Gasteiger partial charge on any atom is 0.0624 e. The van der Waals surface area contributed by atoms with Crippen LogP contribution >= 0.6 is 23.2 Å². The zero-order valence-electron chi connectivity index (χ0n) is 9.29. The van der Waals surface area contributed by atoms with E-state index in [1.807, 2.05) is 12.1 Å². The van der Waals surface area contributed by atoms with Crippen LogP contribution in [0.2, 0.25) is 10.0 Å². The molecule has 3 unspecified atom stereocenters. The molecule has 0 radical (unpaired) electrons. The minimum Gasteiger partial charge on any atom is -0.393 e. The fraction of sp³-hybridized carbons (Fsp3) is 0.538. The molecule has 88 valence electrons. The van der Waals surface area contributed by atoms with Crippen molar-refractivity contribution in [1.82, 2.24) is 0 Å². The molecule has 1 aromatic rings. The number of aliphatic hydroxyl groups is 1. The van der Waals surface area contributed by atoms with E-state index in [1.165, 1.54) is 0 Å². The van der Waals surface area contributed by atoms with Crippen molar-refractivity contribution < 1.29 is 5.11 Å². The summed E-state index contributed by atoms with van der Waals surface area (Å²) in [5.41, 5.74) is 1.10. The van der Waals surface area contributed by atoms with Crippen LogP contribution in [0.1, 0.15) is 25.3 Å². The van der Waals surface area contributed by atoms with E-state index in [9.17, 15) is 5.11 Å². The highest BCUT2D eigenvalue weighted by Gasteiger charge is 2.31. The SMILES string of the molecule is CC1C(O)CCC1Cc1cccc(Cl)c1Cl. The van der Waals surface area contributed by atoms with Gasteiger partial charge in [-0.2, -0.15) is 0 Å². The van der Waals surface area contributed by atoms with Crippen molar-refractivity contribution in [3.8, 4) is 0 Å². The second-order valence-electron chi connectivity index (χ2n) is 4.68. The van der Waals surface area contributed by atoms with Gasteiger partial charge in [0, 0.05) is 0 Å². The Kier molecular flexibility index (Phi) is 3.78. The van der Waals surface area contributed by atoms with Crippen molar-refractivity contribution in [3.05, 3.63) is 33.8 Å². The van der Waals surface area contributed by atoms with E-state index in [2.05, 4.69) is 6.92 Å². The van der Waals surface area contributed by atoms with Gasteiger partial charge in [0.1, 0.15) is 0 Å². The highest BCUT2D eigenvalue weighted by Crippen LogP contribution is 2.36. The Bertz CT molecular complexity index is 378. The van der Waals surface area contributed by atoms with Gasteiger partial charge in [0.15, 0.2) is 0 Å². The smallest absolute Gasteiger partial charge is 0.0624 e. The molecular formula is C13H16Cl2O. The Hall–Kier alpha value is -0.240. The number of benzene rings is 1. The van der Waals surface area contributed by atoms with Crippen LogP contribution in [0.3, 0.4) is 0 Å². The minimum absolute atomic E-state index is 0.150. The summed E-state index contributed by atoms with van der Waals surface area (Å²) in [7, 11) is 0. The summed E-state index contributed by atoms with van der Waals surface area (Å²) in [4.78, 5) is 0. The lowest BCUT2D eigenvalue weighted by Gasteiger charge is -2.18. The first kappa shape index (κ1) is 12.2. The highest BCUT2D eigenvalue weighted by molar-refractivity contribution is 6.42. The summed E-state index contributed by atoms with van der Waals surface area (Å²) in [6.45, 7) is 2.11. The zero-order valence-corrected chi connectivity index (χ0v) is 10.8. The molecule has 1 saturated carbocycles. The Balaban J connectivity index is 2.12. The van der Waals surface area contributed by atoms with Gasteiger partial charge in [-0.15, -0.1) is 0 Å². The number of hydrogen-bond donors (Lipinski definition) is 1. The summed E-state index contributed by atoms with van der Waals surface area (Å²) in [5, 5.41) is 11.0. The van der Waals surface area contributed by atoms with Gasteiger partial charge < -0.3 is 5.11 Å². The molecular weight excluding hydrogens is 243 g/mol. The Morgan fingerprint density at radius 2 is 2.06 bits per heavy atom. The molecule has 1 fully saturated rings. The van der Waals surface area contributed by atoms with Gasteiger partial charge in [-0.25, -0.2) is 0 Å². The molecule has 0 saturated heterocycles. The van der Waals surface area contributed by atoms with Crippen LogP contribution in [0, 0.1) is 11.8 Å². The second kappa shape index (κ2) is 4.95. The first-order chi connectivity index (χ1) is 7.59. The Morgan fingerprint density at radius 3 is 2.69 bits per heavy atom. The van der Waals surface area contributed by atoms with Crippen LogP contribution in [0.4, 0.5) is 0 Å². The van der Waals surface area contributed by atoms with Crippen molar-refractivity contribution >= 4 is 23.2 Å². The van der Waals surface area contributed by atoms with Gasteiger partial charge >= 0.3 is 0 Å². The summed E-state index contributed by atoms with van der Waals surface area (Å²) in [6, 6.07) is 5.76. The average Bonchev–Trinajstić information content (AvgIpc) is 2.57. The lowest BCUT2D eigenvalue weighted by molar-refractivity contribution is 0.127. The Labute approximate surface area is 106 Å². The van der Waals surface area contributed by atoms with Crippen molar-refractivity contribution in [2.75, 3.05) is 0 Å². The summed E-state index contributed by atoms with van der Waals surface area (Å²) < 4.78 is 0. The van der Waals surface area contributed by atoms with Gasteiger partial charge in [0.25, 0.3) is 0 Å². The molecule has 2 rings (SSSR count). The summed E-state index contributed by atoms with van der Waals surface area (Å²) >= 11 is 12.1. The van der Waals surface area contributed by atoms with E-state index in [-0.39, 0.29) is 6.10 Å². The molecule has 3 heteroatoms. The largest absolute Gasteiger partial charge is 0.393 e. The van der Waals surface area contributed by atoms with Gasteiger partial charge in [0.05, 0.1) is 16.1 Å². The van der Waals surface area contributed by atoms with Gasteiger partial charge in [0.2, 0.25) is 0 Å². The Morgan fingerprint density at radius 1 is 1.31 bits per heavy atom. The lowest BCUT2D eigenvalue weighted by Crippen LogP contribution is -2.17. The number of halogens is 2. The van der Waals surface area contributed by atoms with E-state index in [1.54, 1.807) is 6.07 Å². The standard InChI is InChI=1S/C13H16Cl2O/c1-8-9(5-6-12(8)16)7-10-3-2-4-11(14)13(10)15/h2-4,8-9,12,16H,5-7H2,1H3. The number of aliphatic hydroxyl groups excluding tert-OH is 1. The second-order valence-corrected chi connectivity index (χ2v) is 5.47. The molecule has 1 aliphatic carbocycles. The molecule has 1 nitrogen and oxygen atoms in total. The van der Waals surface area contributed by atoms with Crippen LogP contribution in [0.15, 0.2) is 18.2 Å². The molecule has 3 atom stereocenters. The topological polar surface area (TPSA) is 20.2 Å². The lowest BCUT2D eigenvalue weighted by atomic mass is 9.90. The first-order valence-electron chi connectivity index (χ1n) is 5.70.